The summed E-state index contributed by atoms with van der Waals surface area (Å²) in [7, 11) is 1.81. The minimum atomic E-state index is -0.285. The van der Waals surface area contributed by atoms with Gasteiger partial charge < -0.3 is 5.32 Å². The van der Waals surface area contributed by atoms with E-state index in [0.29, 0.717) is 0 Å². The van der Waals surface area contributed by atoms with E-state index in [0.717, 1.165) is 5.69 Å². The normalized spacial score (nSPS) is 23.3. The van der Waals surface area contributed by atoms with E-state index in [2.05, 4.69) is 10.7 Å². The molecule has 2 rings (SSSR count). The summed E-state index contributed by atoms with van der Waals surface area (Å²) in [6.45, 7) is 4.08. The molecule has 1 saturated heterocycles. The monoisotopic (exact) mass is 219 g/mol. The quantitative estimate of drug-likeness (QED) is 0.777. The van der Waals surface area contributed by atoms with E-state index in [4.69, 9.17) is 0 Å². The lowest BCUT2D eigenvalue weighted by molar-refractivity contribution is -0.121. The lowest BCUT2D eigenvalue weighted by atomic mass is 9.95. The van der Waals surface area contributed by atoms with E-state index < -0.39 is 0 Å². The van der Waals surface area contributed by atoms with Crippen molar-refractivity contribution in [2.75, 3.05) is 12.1 Å². The second-order valence-corrected chi connectivity index (χ2v) is 4.52. The van der Waals surface area contributed by atoms with Crippen LogP contribution in [0.15, 0.2) is 30.3 Å². The second kappa shape index (κ2) is 3.79. The van der Waals surface area contributed by atoms with Crippen molar-refractivity contribution in [3.63, 3.8) is 0 Å². The predicted octanol–water partition coefficient (Wildman–Crippen LogP) is 0.904. The standard InChI is InChI=1S/C12H17N3O/c1-12(2)10(13-3)11(16)14-15(12)9-7-5-4-6-8-9/h4-8,10,13H,1-3H3,(H,14,16). The number of hydrogen-bond acceptors (Lipinski definition) is 3. The number of nitrogens with zero attached hydrogens (tertiary/aromatic N) is 1. The van der Waals surface area contributed by atoms with Crippen molar-refractivity contribution < 1.29 is 4.79 Å². The van der Waals surface area contributed by atoms with E-state index in [-0.39, 0.29) is 17.5 Å². The van der Waals surface area contributed by atoms with Crippen LogP contribution in [-0.2, 0) is 4.79 Å². The largest absolute Gasteiger partial charge is 0.307 e. The van der Waals surface area contributed by atoms with Crippen LogP contribution in [0.3, 0.4) is 0 Å². The molecule has 86 valence electrons. The van der Waals surface area contributed by atoms with Gasteiger partial charge in [-0.3, -0.25) is 15.2 Å². The summed E-state index contributed by atoms with van der Waals surface area (Å²) in [5, 5.41) is 4.96. The maximum Gasteiger partial charge on any atom is 0.258 e. The molecule has 1 aromatic carbocycles. The van der Waals surface area contributed by atoms with Gasteiger partial charge in [0.15, 0.2) is 0 Å². The van der Waals surface area contributed by atoms with E-state index in [1.165, 1.54) is 0 Å². The summed E-state index contributed by atoms with van der Waals surface area (Å²) in [5.41, 5.74) is 3.61. The highest BCUT2D eigenvalue weighted by Gasteiger charge is 2.46. The fourth-order valence-corrected chi connectivity index (χ4v) is 2.23. The van der Waals surface area contributed by atoms with Gasteiger partial charge in [0, 0.05) is 0 Å². The van der Waals surface area contributed by atoms with E-state index in [1.54, 1.807) is 7.05 Å². The maximum atomic E-state index is 11.8. The molecule has 1 unspecified atom stereocenters. The third-order valence-corrected chi connectivity index (χ3v) is 3.07. The Morgan fingerprint density at radius 1 is 1.31 bits per heavy atom. The SMILES string of the molecule is CNC1C(=O)NN(c2ccccc2)C1(C)C. The average Bonchev–Trinajstić information content (AvgIpc) is 2.50. The fourth-order valence-electron chi connectivity index (χ4n) is 2.23. The molecule has 0 radical (unpaired) electrons. The Morgan fingerprint density at radius 2 is 1.94 bits per heavy atom. The van der Waals surface area contributed by atoms with Crippen LogP contribution in [0.1, 0.15) is 13.8 Å². The van der Waals surface area contributed by atoms with Crippen LogP contribution in [0.5, 0.6) is 0 Å². The zero-order chi connectivity index (χ0) is 11.8. The zero-order valence-corrected chi connectivity index (χ0v) is 9.82. The fraction of sp³-hybridized carbons (Fsp3) is 0.417. The smallest absolute Gasteiger partial charge is 0.258 e. The van der Waals surface area contributed by atoms with Gasteiger partial charge in [-0.25, -0.2) is 0 Å². The molecule has 1 atom stereocenters. The van der Waals surface area contributed by atoms with Crippen LogP contribution in [0.2, 0.25) is 0 Å². The number of likely N-dealkylation sites (N-methyl/N-ethyl adjacent to an activating group) is 1. The molecule has 4 nitrogen and oxygen atoms in total. The van der Waals surface area contributed by atoms with E-state index in [9.17, 15) is 4.79 Å². The molecule has 1 aliphatic heterocycles. The van der Waals surface area contributed by atoms with Crippen molar-refractivity contribution >= 4 is 11.6 Å². The van der Waals surface area contributed by atoms with Crippen LogP contribution < -0.4 is 15.8 Å². The Hall–Kier alpha value is -1.55. The molecule has 16 heavy (non-hydrogen) atoms. The number of carbonyl (C=O) groups is 1. The Kier molecular flexibility index (Phi) is 2.59. The van der Waals surface area contributed by atoms with Crippen LogP contribution in [0.4, 0.5) is 5.69 Å². The number of benzene rings is 1. The van der Waals surface area contributed by atoms with Crippen LogP contribution >= 0.6 is 0 Å². The van der Waals surface area contributed by atoms with Crippen molar-refractivity contribution in [2.45, 2.75) is 25.4 Å². The molecule has 1 fully saturated rings. The van der Waals surface area contributed by atoms with Gasteiger partial charge in [0.05, 0.1) is 11.2 Å². The van der Waals surface area contributed by atoms with Gasteiger partial charge in [0.1, 0.15) is 6.04 Å². The molecule has 0 saturated carbocycles. The topological polar surface area (TPSA) is 44.4 Å². The van der Waals surface area contributed by atoms with Gasteiger partial charge >= 0.3 is 0 Å². The van der Waals surface area contributed by atoms with Crippen molar-refractivity contribution in [3.8, 4) is 0 Å². The first-order chi connectivity index (χ1) is 7.57. The summed E-state index contributed by atoms with van der Waals surface area (Å²) in [5.74, 6) is 0.0105. The van der Waals surface area contributed by atoms with Gasteiger partial charge in [0.2, 0.25) is 0 Å². The molecule has 1 heterocycles. The molecule has 1 aromatic rings. The number of para-hydroxylation sites is 1. The number of rotatable bonds is 2. The number of carbonyl (C=O) groups excluding carboxylic acids is 1. The number of amides is 1. The first-order valence-electron chi connectivity index (χ1n) is 5.40. The van der Waals surface area contributed by atoms with Gasteiger partial charge in [-0.15, -0.1) is 0 Å². The second-order valence-electron chi connectivity index (χ2n) is 4.52. The minimum Gasteiger partial charge on any atom is -0.307 e. The minimum absolute atomic E-state index is 0.0105. The van der Waals surface area contributed by atoms with Crippen molar-refractivity contribution in [3.05, 3.63) is 30.3 Å². The number of nitrogens with one attached hydrogen (secondary N) is 2. The lowest BCUT2D eigenvalue weighted by Gasteiger charge is -2.34. The van der Waals surface area contributed by atoms with Gasteiger partial charge in [0.25, 0.3) is 5.91 Å². The molecule has 2 N–H and O–H groups in total. The summed E-state index contributed by atoms with van der Waals surface area (Å²) >= 11 is 0. The first kappa shape index (κ1) is 11.0. The third kappa shape index (κ3) is 1.55. The maximum absolute atomic E-state index is 11.8. The highest BCUT2D eigenvalue weighted by atomic mass is 16.2. The Labute approximate surface area is 95.6 Å². The van der Waals surface area contributed by atoms with Crippen molar-refractivity contribution in [1.82, 2.24) is 10.7 Å². The molecule has 0 bridgehead atoms. The Bertz CT molecular complexity index is 389. The molecule has 1 amide bonds. The van der Waals surface area contributed by atoms with Crippen LogP contribution in [0.25, 0.3) is 0 Å². The number of hydrogen-bond donors (Lipinski definition) is 2. The predicted molar refractivity (Wildman–Crippen MR) is 64.0 cm³/mol. The van der Waals surface area contributed by atoms with Gasteiger partial charge in [-0.05, 0) is 33.0 Å². The molecule has 0 aliphatic carbocycles. The Balaban J connectivity index is 2.35. The number of anilines is 1. The van der Waals surface area contributed by atoms with Crippen molar-refractivity contribution in [1.29, 1.82) is 0 Å². The third-order valence-electron chi connectivity index (χ3n) is 3.07. The van der Waals surface area contributed by atoms with E-state index in [1.807, 2.05) is 49.2 Å². The van der Waals surface area contributed by atoms with E-state index >= 15 is 0 Å². The van der Waals surface area contributed by atoms with Gasteiger partial charge in [-0.2, -0.15) is 0 Å². The molecule has 4 heteroatoms. The Morgan fingerprint density at radius 3 is 2.44 bits per heavy atom. The van der Waals surface area contributed by atoms with Crippen LogP contribution in [0, 0.1) is 0 Å². The van der Waals surface area contributed by atoms with Crippen molar-refractivity contribution in [2.24, 2.45) is 0 Å². The molecule has 1 aliphatic rings. The highest BCUT2D eigenvalue weighted by molar-refractivity contribution is 5.89. The average molecular weight is 219 g/mol. The summed E-state index contributed by atoms with van der Waals surface area (Å²) < 4.78 is 0. The molecule has 0 aromatic heterocycles. The molecule has 0 spiro atoms. The zero-order valence-electron chi connectivity index (χ0n) is 9.82. The highest BCUT2D eigenvalue weighted by Crippen LogP contribution is 2.28. The lowest BCUT2D eigenvalue weighted by Crippen LogP contribution is -2.52. The summed E-state index contributed by atoms with van der Waals surface area (Å²) in [6, 6.07) is 9.66. The number of hydrazine groups is 1. The summed E-state index contributed by atoms with van der Waals surface area (Å²) in [4.78, 5) is 11.8. The van der Waals surface area contributed by atoms with Gasteiger partial charge in [-0.1, -0.05) is 18.2 Å². The van der Waals surface area contributed by atoms with Crippen LogP contribution in [-0.4, -0.2) is 24.5 Å². The molecular formula is C12H17N3O. The molecular weight excluding hydrogens is 202 g/mol. The first-order valence-corrected chi connectivity index (χ1v) is 5.40. The summed E-state index contributed by atoms with van der Waals surface area (Å²) in [6.07, 6.45) is 0.